The first kappa shape index (κ1) is 18.6. The summed E-state index contributed by atoms with van der Waals surface area (Å²) in [5.74, 6) is -0.256. The van der Waals surface area contributed by atoms with Gasteiger partial charge in [0.1, 0.15) is 12.4 Å². The van der Waals surface area contributed by atoms with Gasteiger partial charge in [-0.2, -0.15) is 0 Å². The maximum atomic E-state index is 11.3. The van der Waals surface area contributed by atoms with Gasteiger partial charge in [-0.25, -0.2) is 4.68 Å². The van der Waals surface area contributed by atoms with E-state index in [1.165, 1.54) is 0 Å². The Morgan fingerprint density at radius 2 is 1.92 bits per heavy atom. The Kier molecular flexibility index (Phi) is 6.04. The van der Waals surface area contributed by atoms with Crippen LogP contribution in [-0.2, 0) is 9.53 Å². The van der Waals surface area contributed by atoms with Crippen LogP contribution >= 0.6 is 23.2 Å². The molecular weight excluding hydrogens is 373 g/mol. The molecule has 7 heteroatoms. The molecule has 0 aliphatic carbocycles. The molecule has 3 aromatic rings. The van der Waals surface area contributed by atoms with Gasteiger partial charge >= 0.3 is 0 Å². The van der Waals surface area contributed by atoms with E-state index >= 15 is 0 Å². The van der Waals surface area contributed by atoms with E-state index in [1.54, 1.807) is 30.1 Å². The molecule has 0 aliphatic heterocycles. The van der Waals surface area contributed by atoms with Crippen molar-refractivity contribution < 1.29 is 9.53 Å². The fourth-order valence-corrected chi connectivity index (χ4v) is 3.29. The number of para-hydroxylation sites is 1. The lowest BCUT2D eigenvalue weighted by Gasteiger charge is -2.25. The van der Waals surface area contributed by atoms with Crippen LogP contribution in [0.2, 0.25) is 10.0 Å². The van der Waals surface area contributed by atoms with Gasteiger partial charge in [-0.3, -0.25) is 0 Å². The maximum Gasteiger partial charge on any atom is 0.120 e. The van der Waals surface area contributed by atoms with Crippen molar-refractivity contribution in [2.45, 2.75) is 18.4 Å². The Balaban J connectivity index is 2.04. The van der Waals surface area contributed by atoms with Gasteiger partial charge < -0.3 is 9.53 Å². The third-order valence-electron chi connectivity index (χ3n) is 4.21. The second-order valence-corrected chi connectivity index (χ2v) is 6.56. The summed E-state index contributed by atoms with van der Waals surface area (Å²) in [5.41, 5.74) is 2.47. The molecule has 1 heterocycles. The molecule has 0 amide bonds. The van der Waals surface area contributed by atoms with Crippen molar-refractivity contribution in [2.24, 2.45) is 0 Å². The number of halogens is 2. The van der Waals surface area contributed by atoms with Crippen LogP contribution in [0.1, 0.15) is 29.7 Å². The molecule has 2 aromatic carbocycles. The Morgan fingerprint density at radius 1 is 1.15 bits per heavy atom. The monoisotopic (exact) mass is 389 g/mol. The minimum Gasteiger partial charge on any atom is -0.374 e. The number of carbonyl (C=O) groups is 1. The summed E-state index contributed by atoms with van der Waals surface area (Å²) < 4.78 is 7.47. The fraction of sp³-hybridized carbons (Fsp3) is 0.211. The molecule has 5 nitrogen and oxygen atoms in total. The fourth-order valence-electron chi connectivity index (χ4n) is 2.98. The second kappa shape index (κ2) is 8.45. The predicted octanol–water partition coefficient (Wildman–Crippen LogP) is 4.63. The molecule has 26 heavy (non-hydrogen) atoms. The van der Waals surface area contributed by atoms with Crippen LogP contribution in [0.3, 0.4) is 0 Å². The average molecular weight is 390 g/mol. The Labute approximate surface area is 161 Å². The van der Waals surface area contributed by atoms with Crippen LogP contribution < -0.4 is 0 Å². The number of hydrogen-bond donors (Lipinski definition) is 0. The molecule has 0 spiro atoms. The van der Waals surface area contributed by atoms with Crippen LogP contribution in [-0.4, -0.2) is 28.4 Å². The minimum atomic E-state index is -0.437. The third kappa shape index (κ3) is 3.80. The number of aldehydes is 1. The number of rotatable bonds is 7. The van der Waals surface area contributed by atoms with Crippen molar-refractivity contribution in [2.75, 3.05) is 7.11 Å². The SMILES string of the molecule is COC(c1cnnn1-c1ccccc1)C(CC=O)c1ccc(Cl)c(Cl)c1. The van der Waals surface area contributed by atoms with E-state index in [0.717, 1.165) is 23.2 Å². The quantitative estimate of drug-likeness (QED) is 0.552. The average Bonchev–Trinajstić information content (AvgIpc) is 3.14. The van der Waals surface area contributed by atoms with Crippen LogP contribution in [0.4, 0.5) is 0 Å². The standard InChI is InChI=1S/C19H17Cl2N3O2/c1-26-19(15(9-10-25)13-7-8-16(20)17(21)11-13)18-12-22-23-24(18)14-5-3-2-4-6-14/h2-8,10-12,15,19H,9H2,1H3. The van der Waals surface area contributed by atoms with E-state index in [4.69, 9.17) is 27.9 Å². The van der Waals surface area contributed by atoms with Crippen molar-refractivity contribution >= 4 is 29.5 Å². The second-order valence-electron chi connectivity index (χ2n) is 5.74. The summed E-state index contributed by atoms with van der Waals surface area (Å²) >= 11 is 12.2. The number of aromatic nitrogens is 3. The molecule has 2 unspecified atom stereocenters. The zero-order chi connectivity index (χ0) is 18.5. The summed E-state index contributed by atoms with van der Waals surface area (Å²) in [4.78, 5) is 11.3. The normalized spacial score (nSPS) is 13.3. The molecule has 0 saturated carbocycles. The van der Waals surface area contributed by atoms with Crippen molar-refractivity contribution in [1.82, 2.24) is 15.0 Å². The van der Waals surface area contributed by atoms with Crippen LogP contribution in [0.15, 0.2) is 54.7 Å². The largest absolute Gasteiger partial charge is 0.374 e. The van der Waals surface area contributed by atoms with Gasteiger partial charge in [-0.05, 0) is 29.8 Å². The highest BCUT2D eigenvalue weighted by Crippen LogP contribution is 2.38. The number of nitrogens with zero attached hydrogens (tertiary/aromatic N) is 3. The predicted molar refractivity (Wildman–Crippen MR) is 101 cm³/mol. The van der Waals surface area contributed by atoms with Crippen LogP contribution in [0.5, 0.6) is 0 Å². The molecule has 3 rings (SSSR count). The number of hydrogen-bond acceptors (Lipinski definition) is 4. The highest BCUT2D eigenvalue weighted by molar-refractivity contribution is 6.42. The molecule has 0 bridgehead atoms. The summed E-state index contributed by atoms with van der Waals surface area (Å²) in [6, 6.07) is 15.0. The van der Waals surface area contributed by atoms with Crippen LogP contribution in [0, 0.1) is 0 Å². The first-order chi connectivity index (χ1) is 12.7. The van der Waals surface area contributed by atoms with Crippen LogP contribution in [0.25, 0.3) is 5.69 Å². The molecular formula is C19H17Cl2N3O2. The maximum absolute atomic E-state index is 11.3. The summed E-state index contributed by atoms with van der Waals surface area (Å²) in [6.07, 6.45) is 2.34. The Hall–Kier alpha value is -2.21. The number of ether oxygens (including phenoxy) is 1. The topological polar surface area (TPSA) is 57.0 Å². The summed E-state index contributed by atoms with van der Waals surface area (Å²) in [6.45, 7) is 0. The van der Waals surface area contributed by atoms with E-state index in [-0.39, 0.29) is 12.3 Å². The highest BCUT2D eigenvalue weighted by atomic mass is 35.5. The van der Waals surface area contributed by atoms with E-state index in [0.29, 0.717) is 10.0 Å². The van der Waals surface area contributed by atoms with Gasteiger partial charge in [0.25, 0.3) is 0 Å². The van der Waals surface area contributed by atoms with Gasteiger partial charge in [0, 0.05) is 19.4 Å². The van der Waals surface area contributed by atoms with Gasteiger partial charge in [0.2, 0.25) is 0 Å². The van der Waals surface area contributed by atoms with E-state index in [1.807, 2.05) is 36.4 Å². The number of methoxy groups -OCH3 is 1. The van der Waals surface area contributed by atoms with Crippen molar-refractivity contribution in [3.63, 3.8) is 0 Å². The molecule has 0 saturated heterocycles. The molecule has 0 aliphatic rings. The lowest BCUT2D eigenvalue weighted by molar-refractivity contribution is -0.108. The zero-order valence-corrected chi connectivity index (χ0v) is 15.6. The lowest BCUT2D eigenvalue weighted by atomic mass is 9.89. The van der Waals surface area contributed by atoms with Gasteiger partial charge in [-0.1, -0.05) is 52.7 Å². The molecule has 0 N–H and O–H groups in total. The Morgan fingerprint density at radius 3 is 2.58 bits per heavy atom. The van der Waals surface area contributed by atoms with Crippen molar-refractivity contribution in [3.8, 4) is 5.69 Å². The van der Waals surface area contributed by atoms with Crippen molar-refractivity contribution in [1.29, 1.82) is 0 Å². The molecule has 1 aromatic heterocycles. The highest BCUT2D eigenvalue weighted by Gasteiger charge is 2.29. The molecule has 134 valence electrons. The van der Waals surface area contributed by atoms with E-state index < -0.39 is 6.10 Å². The van der Waals surface area contributed by atoms with Gasteiger partial charge in [-0.15, -0.1) is 5.10 Å². The Bertz CT molecular complexity index is 884. The first-order valence-electron chi connectivity index (χ1n) is 8.03. The smallest absolute Gasteiger partial charge is 0.120 e. The first-order valence-corrected chi connectivity index (χ1v) is 8.78. The van der Waals surface area contributed by atoms with Gasteiger partial charge in [0.05, 0.1) is 27.6 Å². The van der Waals surface area contributed by atoms with Crippen molar-refractivity contribution in [3.05, 3.63) is 76.0 Å². The molecule has 2 atom stereocenters. The number of carbonyl (C=O) groups excluding carboxylic acids is 1. The number of benzene rings is 2. The van der Waals surface area contributed by atoms with E-state index in [2.05, 4.69) is 10.3 Å². The molecule has 0 fully saturated rings. The molecule has 0 radical (unpaired) electrons. The summed E-state index contributed by atoms with van der Waals surface area (Å²) in [5, 5.41) is 9.11. The minimum absolute atomic E-state index is 0.256. The zero-order valence-electron chi connectivity index (χ0n) is 14.0. The lowest BCUT2D eigenvalue weighted by Crippen LogP contribution is -2.18. The summed E-state index contributed by atoms with van der Waals surface area (Å²) in [7, 11) is 1.60. The van der Waals surface area contributed by atoms with Gasteiger partial charge in [0.15, 0.2) is 0 Å². The third-order valence-corrected chi connectivity index (χ3v) is 4.95. The van der Waals surface area contributed by atoms with E-state index in [9.17, 15) is 4.79 Å².